The van der Waals surface area contributed by atoms with Crippen LogP contribution in [0, 0.1) is 11.3 Å². The second-order valence-electron chi connectivity index (χ2n) is 6.14. The van der Waals surface area contributed by atoms with E-state index in [-0.39, 0.29) is 30.7 Å². The largest absolute Gasteiger partial charge is 0.481 e. The number of urea groups is 1. The maximum atomic E-state index is 11.9. The van der Waals surface area contributed by atoms with Crippen LogP contribution in [0.25, 0.3) is 0 Å². The maximum absolute atomic E-state index is 11.9. The molecule has 3 unspecified atom stereocenters. The summed E-state index contributed by atoms with van der Waals surface area (Å²) in [5.41, 5.74) is 0.107. The highest BCUT2D eigenvalue weighted by atomic mass is 16.5. The van der Waals surface area contributed by atoms with Crippen molar-refractivity contribution in [2.24, 2.45) is 11.3 Å². The highest BCUT2D eigenvalue weighted by molar-refractivity contribution is 5.77. The van der Waals surface area contributed by atoms with Crippen molar-refractivity contribution >= 4 is 12.0 Å². The summed E-state index contributed by atoms with van der Waals surface area (Å²) in [5, 5.41) is 14.7. The molecule has 19 heavy (non-hydrogen) atoms. The third kappa shape index (κ3) is 3.18. The first-order valence-corrected chi connectivity index (χ1v) is 6.78. The number of carboxylic acids is 1. The van der Waals surface area contributed by atoms with Gasteiger partial charge in [-0.25, -0.2) is 4.79 Å². The molecule has 2 rings (SSSR count). The van der Waals surface area contributed by atoms with Crippen LogP contribution in [0.5, 0.6) is 0 Å². The van der Waals surface area contributed by atoms with Gasteiger partial charge in [0.2, 0.25) is 0 Å². The van der Waals surface area contributed by atoms with E-state index in [1.807, 2.05) is 0 Å². The zero-order valence-corrected chi connectivity index (χ0v) is 11.4. The molecule has 0 aromatic heterocycles. The molecule has 108 valence electrons. The summed E-state index contributed by atoms with van der Waals surface area (Å²) in [5.74, 6) is -1.58. The van der Waals surface area contributed by atoms with Crippen LogP contribution in [0.3, 0.4) is 0 Å². The number of hydrogen-bond acceptors (Lipinski definition) is 3. The van der Waals surface area contributed by atoms with Crippen LogP contribution in [0.2, 0.25) is 0 Å². The highest BCUT2D eigenvalue weighted by Gasteiger charge is 2.38. The molecular formula is C13H22N2O4. The number of hydrogen-bond donors (Lipinski definition) is 3. The minimum absolute atomic E-state index is 0.107. The third-order valence-corrected chi connectivity index (χ3v) is 4.28. The Morgan fingerprint density at radius 2 is 2.00 bits per heavy atom. The Morgan fingerprint density at radius 1 is 1.26 bits per heavy atom. The number of ether oxygens (including phenoxy) is 1. The lowest BCUT2D eigenvalue weighted by molar-refractivity contribution is -0.142. The minimum Gasteiger partial charge on any atom is -0.481 e. The molecule has 0 aromatic rings. The van der Waals surface area contributed by atoms with Gasteiger partial charge in [-0.05, 0) is 18.3 Å². The lowest BCUT2D eigenvalue weighted by Crippen LogP contribution is -2.51. The Kier molecular flexibility index (Phi) is 3.99. The number of amides is 2. The van der Waals surface area contributed by atoms with Crippen molar-refractivity contribution in [1.29, 1.82) is 0 Å². The lowest BCUT2D eigenvalue weighted by atomic mass is 9.87. The summed E-state index contributed by atoms with van der Waals surface area (Å²) in [6, 6.07) is -0.582. The minimum atomic E-state index is -0.927. The molecule has 0 radical (unpaired) electrons. The van der Waals surface area contributed by atoms with Crippen LogP contribution < -0.4 is 10.6 Å². The number of aliphatic carboxylic acids is 1. The van der Waals surface area contributed by atoms with E-state index in [1.165, 1.54) is 0 Å². The van der Waals surface area contributed by atoms with Crippen molar-refractivity contribution in [3.05, 3.63) is 0 Å². The summed E-state index contributed by atoms with van der Waals surface area (Å²) in [6.07, 6.45) is 3.19. The Morgan fingerprint density at radius 3 is 2.58 bits per heavy atom. The van der Waals surface area contributed by atoms with Gasteiger partial charge in [0.1, 0.15) is 5.92 Å². The van der Waals surface area contributed by atoms with Crippen LogP contribution >= 0.6 is 0 Å². The van der Waals surface area contributed by atoms with E-state index in [0.29, 0.717) is 0 Å². The monoisotopic (exact) mass is 270 g/mol. The van der Waals surface area contributed by atoms with E-state index >= 15 is 0 Å². The van der Waals surface area contributed by atoms with Gasteiger partial charge in [0.25, 0.3) is 0 Å². The summed E-state index contributed by atoms with van der Waals surface area (Å²) in [4.78, 5) is 22.9. The molecule has 1 heterocycles. The molecule has 0 aromatic carbocycles. The second kappa shape index (κ2) is 5.36. The molecule has 2 fully saturated rings. The first kappa shape index (κ1) is 14.1. The highest BCUT2D eigenvalue weighted by Crippen LogP contribution is 2.37. The molecule has 1 saturated carbocycles. The van der Waals surface area contributed by atoms with Crippen molar-refractivity contribution < 1.29 is 19.4 Å². The van der Waals surface area contributed by atoms with Crippen molar-refractivity contribution in [3.63, 3.8) is 0 Å². The topological polar surface area (TPSA) is 87.7 Å². The number of carbonyl (C=O) groups excluding carboxylic acids is 1. The smallest absolute Gasteiger partial charge is 0.315 e. The van der Waals surface area contributed by atoms with Crippen LogP contribution in [0.4, 0.5) is 4.79 Å². The van der Waals surface area contributed by atoms with E-state index < -0.39 is 17.9 Å². The molecular weight excluding hydrogens is 248 g/mol. The first-order valence-electron chi connectivity index (χ1n) is 6.78. The van der Waals surface area contributed by atoms with Gasteiger partial charge < -0.3 is 20.5 Å². The lowest BCUT2D eigenvalue weighted by Gasteiger charge is -2.28. The second-order valence-corrected chi connectivity index (χ2v) is 6.14. The van der Waals surface area contributed by atoms with E-state index in [1.54, 1.807) is 0 Å². The molecule has 3 atom stereocenters. The number of nitrogens with one attached hydrogen (secondary N) is 2. The van der Waals surface area contributed by atoms with E-state index in [0.717, 1.165) is 19.3 Å². The summed E-state index contributed by atoms with van der Waals surface area (Å²) in [7, 11) is 0. The van der Waals surface area contributed by atoms with Gasteiger partial charge in [-0.1, -0.05) is 20.3 Å². The molecule has 0 bridgehead atoms. The average Bonchev–Trinajstić information content (AvgIpc) is 2.86. The van der Waals surface area contributed by atoms with Crippen LogP contribution in [0.1, 0.15) is 33.1 Å². The Hall–Kier alpha value is -1.30. The standard InChI is InChI=1S/C13H22N2O4/c1-13(2)5-3-4-10(13)15-12(18)14-9-7-19-6-8(9)11(16)17/h8-10H,3-7H2,1-2H3,(H,16,17)(H2,14,15,18). The molecule has 1 saturated heterocycles. The van der Waals surface area contributed by atoms with Gasteiger partial charge in [0, 0.05) is 6.04 Å². The average molecular weight is 270 g/mol. The van der Waals surface area contributed by atoms with E-state index in [4.69, 9.17) is 9.84 Å². The van der Waals surface area contributed by atoms with Gasteiger partial charge in [-0.2, -0.15) is 0 Å². The maximum Gasteiger partial charge on any atom is 0.315 e. The van der Waals surface area contributed by atoms with Gasteiger partial charge in [-0.15, -0.1) is 0 Å². The van der Waals surface area contributed by atoms with Crippen molar-refractivity contribution in [1.82, 2.24) is 10.6 Å². The summed E-state index contributed by atoms with van der Waals surface area (Å²) >= 11 is 0. The summed E-state index contributed by atoms with van der Waals surface area (Å²) < 4.78 is 5.12. The molecule has 2 amide bonds. The molecule has 1 aliphatic heterocycles. The Bertz CT molecular complexity index is 370. The molecule has 1 aliphatic carbocycles. The predicted molar refractivity (Wildman–Crippen MR) is 68.8 cm³/mol. The van der Waals surface area contributed by atoms with Gasteiger partial charge >= 0.3 is 12.0 Å². The van der Waals surface area contributed by atoms with Crippen LogP contribution in [0.15, 0.2) is 0 Å². The molecule has 3 N–H and O–H groups in total. The molecule has 0 spiro atoms. The Balaban J connectivity index is 1.86. The van der Waals surface area contributed by atoms with Crippen LogP contribution in [-0.2, 0) is 9.53 Å². The number of carboxylic acid groups (broad SMARTS) is 1. The van der Waals surface area contributed by atoms with Gasteiger partial charge in [0.05, 0.1) is 19.3 Å². The predicted octanol–water partition coefficient (Wildman–Crippen LogP) is 0.964. The van der Waals surface area contributed by atoms with Crippen molar-refractivity contribution in [3.8, 4) is 0 Å². The molecule has 6 nitrogen and oxygen atoms in total. The Labute approximate surface area is 112 Å². The quantitative estimate of drug-likeness (QED) is 0.713. The zero-order valence-electron chi connectivity index (χ0n) is 11.4. The van der Waals surface area contributed by atoms with Crippen molar-refractivity contribution in [2.75, 3.05) is 13.2 Å². The summed E-state index contributed by atoms with van der Waals surface area (Å²) in [6.45, 7) is 4.71. The third-order valence-electron chi connectivity index (χ3n) is 4.28. The number of carbonyl (C=O) groups is 2. The molecule has 6 heteroatoms. The first-order chi connectivity index (χ1) is 8.90. The fourth-order valence-electron chi connectivity index (χ4n) is 2.90. The molecule has 2 aliphatic rings. The van der Waals surface area contributed by atoms with Gasteiger partial charge in [0.15, 0.2) is 0 Å². The van der Waals surface area contributed by atoms with E-state index in [2.05, 4.69) is 24.5 Å². The van der Waals surface area contributed by atoms with E-state index in [9.17, 15) is 9.59 Å². The zero-order chi connectivity index (χ0) is 14.0. The SMILES string of the molecule is CC1(C)CCCC1NC(=O)NC1COCC1C(=O)O. The van der Waals surface area contributed by atoms with Crippen molar-refractivity contribution in [2.45, 2.75) is 45.2 Å². The number of rotatable bonds is 3. The fraction of sp³-hybridized carbons (Fsp3) is 0.846. The van der Waals surface area contributed by atoms with Gasteiger partial charge in [-0.3, -0.25) is 4.79 Å². The normalized spacial score (nSPS) is 33.1. The fourth-order valence-corrected chi connectivity index (χ4v) is 2.90. The van der Waals surface area contributed by atoms with Crippen LogP contribution in [-0.4, -0.2) is 42.4 Å².